The van der Waals surface area contributed by atoms with E-state index in [2.05, 4.69) is 6.92 Å². The van der Waals surface area contributed by atoms with Gasteiger partial charge in [0.1, 0.15) is 0 Å². The van der Waals surface area contributed by atoms with Crippen LogP contribution in [0, 0.1) is 11.8 Å². The Morgan fingerprint density at radius 1 is 1.00 bits per heavy atom. The summed E-state index contributed by atoms with van der Waals surface area (Å²) < 4.78 is 11.1. The molecule has 2 atom stereocenters. The second-order valence-corrected chi connectivity index (χ2v) is 4.04. The van der Waals surface area contributed by atoms with E-state index in [1.807, 2.05) is 0 Å². The Kier molecular flexibility index (Phi) is 2.66. The first-order valence-electron chi connectivity index (χ1n) is 5.11. The van der Waals surface area contributed by atoms with Crippen LogP contribution in [0.4, 0.5) is 0 Å². The minimum atomic E-state index is 0.125. The highest BCUT2D eigenvalue weighted by atomic mass is 16.7. The van der Waals surface area contributed by atoms with E-state index in [0.29, 0.717) is 5.92 Å². The number of hydrogen-bond acceptors (Lipinski definition) is 2. The van der Waals surface area contributed by atoms with E-state index in [4.69, 9.17) is 9.47 Å². The van der Waals surface area contributed by atoms with Crippen LogP contribution in [0.1, 0.15) is 32.6 Å². The zero-order chi connectivity index (χ0) is 8.39. The van der Waals surface area contributed by atoms with Crippen molar-refractivity contribution in [2.45, 2.75) is 38.9 Å². The smallest absolute Gasteiger partial charge is 0.160 e. The summed E-state index contributed by atoms with van der Waals surface area (Å²) in [7, 11) is 0. The van der Waals surface area contributed by atoms with Crippen molar-refractivity contribution < 1.29 is 9.47 Å². The minimum absolute atomic E-state index is 0.125. The molecule has 2 fully saturated rings. The van der Waals surface area contributed by atoms with Crippen LogP contribution in [0.5, 0.6) is 0 Å². The fraction of sp³-hybridized carbons (Fsp3) is 1.00. The lowest BCUT2D eigenvalue weighted by Crippen LogP contribution is -2.29. The molecule has 70 valence electrons. The Hall–Kier alpha value is -0.0800. The molecular formula is C10H18O2. The molecule has 0 bridgehead atoms. The van der Waals surface area contributed by atoms with Crippen LogP contribution in [0.15, 0.2) is 0 Å². The van der Waals surface area contributed by atoms with Gasteiger partial charge in [0.2, 0.25) is 0 Å². The zero-order valence-electron chi connectivity index (χ0n) is 7.79. The lowest BCUT2D eigenvalue weighted by atomic mass is 9.80. The van der Waals surface area contributed by atoms with Crippen molar-refractivity contribution in [3.8, 4) is 0 Å². The van der Waals surface area contributed by atoms with Crippen LogP contribution in [0.3, 0.4) is 0 Å². The van der Waals surface area contributed by atoms with E-state index in [1.165, 1.54) is 25.7 Å². The summed E-state index contributed by atoms with van der Waals surface area (Å²) in [4.78, 5) is 0. The van der Waals surface area contributed by atoms with Gasteiger partial charge in [-0.1, -0.05) is 26.2 Å². The average Bonchev–Trinajstić information content (AvgIpc) is 2.57. The maximum Gasteiger partial charge on any atom is 0.160 e. The van der Waals surface area contributed by atoms with Crippen molar-refractivity contribution in [3.05, 3.63) is 0 Å². The molecule has 0 N–H and O–H groups in total. The SMILES string of the molecule is CC1CCCCC1C1OCCO1. The molecular weight excluding hydrogens is 152 g/mol. The van der Waals surface area contributed by atoms with Crippen LogP contribution in [0.25, 0.3) is 0 Å². The van der Waals surface area contributed by atoms with Crippen molar-refractivity contribution in [2.24, 2.45) is 11.8 Å². The normalized spacial score (nSPS) is 38.8. The van der Waals surface area contributed by atoms with Crippen LogP contribution >= 0.6 is 0 Å². The van der Waals surface area contributed by atoms with Gasteiger partial charge >= 0.3 is 0 Å². The number of ether oxygens (including phenoxy) is 2. The van der Waals surface area contributed by atoms with Gasteiger partial charge in [0, 0.05) is 5.92 Å². The first-order chi connectivity index (χ1) is 5.88. The summed E-state index contributed by atoms with van der Waals surface area (Å²) in [6, 6.07) is 0. The molecule has 1 aliphatic carbocycles. The quantitative estimate of drug-likeness (QED) is 0.600. The van der Waals surface area contributed by atoms with Gasteiger partial charge in [-0.25, -0.2) is 0 Å². The van der Waals surface area contributed by atoms with Gasteiger partial charge in [-0.3, -0.25) is 0 Å². The largest absolute Gasteiger partial charge is 0.350 e. The van der Waals surface area contributed by atoms with E-state index in [1.54, 1.807) is 0 Å². The Morgan fingerprint density at radius 3 is 2.33 bits per heavy atom. The van der Waals surface area contributed by atoms with Crippen LogP contribution in [-0.2, 0) is 9.47 Å². The molecule has 0 radical (unpaired) electrons. The first-order valence-corrected chi connectivity index (χ1v) is 5.11. The molecule has 0 aromatic carbocycles. The van der Waals surface area contributed by atoms with Crippen LogP contribution in [-0.4, -0.2) is 19.5 Å². The molecule has 0 amide bonds. The van der Waals surface area contributed by atoms with E-state index in [9.17, 15) is 0 Å². The van der Waals surface area contributed by atoms with E-state index >= 15 is 0 Å². The maximum absolute atomic E-state index is 5.54. The molecule has 2 heteroatoms. The molecule has 2 aliphatic rings. The summed E-state index contributed by atoms with van der Waals surface area (Å²) in [5.41, 5.74) is 0. The van der Waals surface area contributed by atoms with Gasteiger partial charge in [0.25, 0.3) is 0 Å². The van der Waals surface area contributed by atoms with Crippen molar-refractivity contribution in [1.82, 2.24) is 0 Å². The summed E-state index contributed by atoms with van der Waals surface area (Å²) in [6.07, 6.45) is 5.53. The average molecular weight is 170 g/mol. The zero-order valence-corrected chi connectivity index (χ0v) is 7.79. The first kappa shape index (κ1) is 8.52. The fourth-order valence-electron chi connectivity index (χ4n) is 2.37. The highest BCUT2D eigenvalue weighted by Crippen LogP contribution is 2.34. The molecule has 2 nitrogen and oxygen atoms in total. The van der Waals surface area contributed by atoms with Gasteiger partial charge < -0.3 is 9.47 Å². The minimum Gasteiger partial charge on any atom is -0.350 e. The van der Waals surface area contributed by atoms with Crippen molar-refractivity contribution in [2.75, 3.05) is 13.2 Å². The third-order valence-corrected chi connectivity index (χ3v) is 3.17. The van der Waals surface area contributed by atoms with Gasteiger partial charge in [0.15, 0.2) is 6.29 Å². The predicted octanol–water partition coefficient (Wildman–Crippen LogP) is 2.19. The number of rotatable bonds is 1. The Morgan fingerprint density at radius 2 is 1.67 bits per heavy atom. The standard InChI is InChI=1S/C10H18O2/c1-8-4-2-3-5-9(8)10-11-6-7-12-10/h8-10H,2-7H2,1H3. The molecule has 1 saturated carbocycles. The third kappa shape index (κ3) is 1.64. The highest BCUT2D eigenvalue weighted by Gasteiger charge is 2.32. The maximum atomic E-state index is 5.54. The molecule has 2 rings (SSSR count). The van der Waals surface area contributed by atoms with Gasteiger partial charge in [-0.2, -0.15) is 0 Å². The van der Waals surface area contributed by atoms with E-state index in [0.717, 1.165) is 19.1 Å². The molecule has 0 aromatic rings. The lowest BCUT2D eigenvalue weighted by molar-refractivity contribution is -0.106. The molecule has 0 aromatic heterocycles. The molecule has 2 unspecified atom stereocenters. The molecule has 1 saturated heterocycles. The lowest BCUT2D eigenvalue weighted by Gasteiger charge is -2.31. The monoisotopic (exact) mass is 170 g/mol. The Balaban J connectivity index is 1.91. The van der Waals surface area contributed by atoms with Gasteiger partial charge in [-0.05, 0) is 12.3 Å². The second kappa shape index (κ2) is 3.75. The summed E-state index contributed by atoms with van der Waals surface area (Å²) in [5, 5.41) is 0. The molecule has 0 spiro atoms. The fourth-order valence-corrected chi connectivity index (χ4v) is 2.37. The summed E-state index contributed by atoms with van der Waals surface area (Å²) >= 11 is 0. The molecule has 1 aliphatic heterocycles. The second-order valence-electron chi connectivity index (χ2n) is 4.04. The Bertz CT molecular complexity index is 141. The van der Waals surface area contributed by atoms with Crippen molar-refractivity contribution in [1.29, 1.82) is 0 Å². The third-order valence-electron chi connectivity index (χ3n) is 3.17. The summed E-state index contributed by atoms with van der Waals surface area (Å²) in [6.45, 7) is 3.93. The molecule has 12 heavy (non-hydrogen) atoms. The van der Waals surface area contributed by atoms with E-state index < -0.39 is 0 Å². The van der Waals surface area contributed by atoms with Crippen LogP contribution < -0.4 is 0 Å². The van der Waals surface area contributed by atoms with Gasteiger partial charge in [-0.15, -0.1) is 0 Å². The predicted molar refractivity (Wildman–Crippen MR) is 46.8 cm³/mol. The number of hydrogen-bond donors (Lipinski definition) is 0. The van der Waals surface area contributed by atoms with E-state index in [-0.39, 0.29) is 6.29 Å². The molecule has 1 heterocycles. The Labute approximate surface area is 74.2 Å². The highest BCUT2D eigenvalue weighted by molar-refractivity contribution is 4.76. The van der Waals surface area contributed by atoms with Crippen molar-refractivity contribution in [3.63, 3.8) is 0 Å². The van der Waals surface area contributed by atoms with Crippen LogP contribution in [0.2, 0.25) is 0 Å². The topological polar surface area (TPSA) is 18.5 Å². The van der Waals surface area contributed by atoms with Gasteiger partial charge in [0.05, 0.1) is 13.2 Å². The summed E-state index contributed by atoms with van der Waals surface area (Å²) in [5.74, 6) is 1.46. The van der Waals surface area contributed by atoms with Crippen molar-refractivity contribution >= 4 is 0 Å².